The highest BCUT2D eigenvalue weighted by Gasteiger charge is 2.10. The van der Waals surface area contributed by atoms with E-state index in [2.05, 4.69) is 30.7 Å². The maximum absolute atomic E-state index is 7.92. The molecule has 0 aromatic carbocycles. The van der Waals surface area contributed by atoms with Crippen LogP contribution in [0.3, 0.4) is 0 Å². The Morgan fingerprint density at radius 1 is 1.56 bits per heavy atom. The van der Waals surface area contributed by atoms with Crippen LogP contribution < -0.4 is 0 Å². The lowest BCUT2D eigenvalue weighted by Gasteiger charge is -2.08. The number of hydrogen-bond acceptors (Lipinski definition) is 3. The Morgan fingerprint density at radius 2 is 2.00 bits per heavy atom. The molecule has 0 aromatic heterocycles. The molecule has 0 atom stereocenters. The molecular weight excluding hydrogens is 161 g/mol. The summed E-state index contributed by atoms with van der Waals surface area (Å²) < 4.78 is 9.22. The molecule has 52 valence electrons. The molecule has 5 nitrogen and oxygen atoms in total. The van der Waals surface area contributed by atoms with Gasteiger partial charge in [0.25, 0.3) is 6.64 Å². The summed E-state index contributed by atoms with van der Waals surface area (Å²) in [5.74, 6) is 0. The number of azide groups is 1. The third-order valence-electron chi connectivity index (χ3n) is 0.611. The van der Waals surface area contributed by atoms with Crippen molar-refractivity contribution in [2.45, 2.75) is 0 Å². The monoisotopic (exact) mass is 167 g/mol. The average Bonchev–Trinajstić information content (AvgIpc) is 1.89. The highest BCUT2D eigenvalue weighted by atomic mass is 32.5. The summed E-state index contributed by atoms with van der Waals surface area (Å²) in [7, 11) is 2.69. The maximum Gasteiger partial charge on any atom is 0.277 e. The van der Waals surface area contributed by atoms with Gasteiger partial charge in [0.1, 0.15) is 0 Å². The molecular formula is C2H6N3O2PS. The van der Waals surface area contributed by atoms with Gasteiger partial charge in [-0.05, 0) is 22.2 Å². The Kier molecular flexibility index (Phi) is 3.77. The molecule has 7 heteroatoms. The van der Waals surface area contributed by atoms with Crippen LogP contribution in [0.2, 0.25) is 0 Å². The van der Waals surface area contributed by atoms with E-state index in [0.29, 0.717) is 0 Å². The predicted molar refractivity (Wildman–Crippen MR) is 37.4 cm³/mol. The van der Waals surface area contributed by atoms with Crippen molar-refractivity contribution in [3.63, 3.8) is 0 Å². The second kappa shape index (κ2) is 3.82. The average molecular weight is 167 g/mol. The largest absolute Gasteiger partial charge is 0.328 e. The number of hydrogen-bond donors (Lipinski definition) is 0. The molecule has 0 unspecified atom stereocenters. The summed E-state index contributed by atoms with van der Waals surface area (Å²) in [6.07, 6.45) is 0. The predicted octanol–water partition coefficient (Wildman–Crippen LogP) is 1.81. The van der Waals surface area contributed by atoms with Crippen molar-refractivity contribution in [1.82, 2.24) is 0 Å². The summed E-state index contributed by atoms with van der Waals surface area (Å²) in [5.41, 5.74) is 7.92. The fourth-order valence-corrected chi connectivity index (χ4v) is 0.688. The van der Waals surface area contributed by atoms with Crippen LogP contribution >= 0.6 is 6.64 Å². The summed E-state index contributed by atoms with van der Waals surface area (Å²) in [4.78, 5) is 5.62. The summed E-state index contributed by atoms with van der Waals surface area (Å²) in [5, 5.41) is 0. The van der Waals surface area contributed by atoms with Gasteiger partial charge in [-0.3, -0.25) is 0 Å². The van der Waals surface area contributed by atoms with Crippen LogP contribution in [0, 0.1) is 0 Å². The Bertz CT molecular complexity index is 169. The molecule has 0 fully saturated rings. The zero-order chi connectivity index (χ0) is 7.33. The van der Waals surface area contributed by atoms with Gasteiger partial charge in [0, 0.05) is 19.1 Å². The van der Waals surface area contributed by atoms with Crippen LogP contribution in [0.4, 0.5) is 0 Å². The topological polar surface area (TPSA) is 67.2 Å². The van der Waals surface area contributed by atoms with Crippen molar-refractivity contribution in [3.05, 3.63) is 10.4 Å². The molecule has 0 spiro atoms. The molecule has 0 aliphatic rings. The Morgan fingerprint density at radius 3 is 2.11 bits per heavy atom. The first-order chi connectivity index (χ1) is 4.18. The molecule has 0 bridgehead atoms. The summed E-state index contributed by atoms with van der Waals surface area (Å²) in [6, 6.07) is 0. The van der Waals surface area contributed by atoms with Gasteiger partial charge in [0.05, 0.1) is 0 Å². The van der Waals surface area contributed by atoms with Gasteiger partial charge >= 0.3 is 0 Å². The molecule has 0 amide bonds. The zero-order valence-corrected chi connectivity index (χ0v) is 6.72. The molecule has 9 heavy (non-hydrogen) atoms. The maximum atomic E-state index is 7.92. The quantitative estimate of drug-likeness (QED) is 0.278. The van der Waals surface area contributed by atoms with Gasteiger partial charge in [-0.15, -0.1) is 0 Å². The van der Waals surface area contributed by atoms with E-state index in [1.807, 2.05) is 0 Å². The summed E-state index contributed by atoms with van der Waals surface area (Å²) >= 11 is 4.65. The smallest absolute Gasteiger partial charge is 0.277 e. The molecule has 0 aromatic rings. The standard InChI is InChI=1S/C2H6N3O2PS/c1-6-8(9,7-2)5-4-3/h1-2H3. The minimum atomic E-state index is -2.64. The van der Waals surface area contributed by atoms with E-state index >= 15 is 0 Å². The van der Waals surface area contributed by atoms with Crippen LogP contribution in [-0.2, 0) is 20.9 Å². The molecule has 0 rings (SSSR count). The van der Waals surface area contributed by atoms with Crippen LogP contribution in [0.5, 0.6) is 0 Å². The second-order valence-electron chi connectivity index (χ2n) is 1.01. The van der Waals surface area contributed by atoms with Gasteiger partial charge in [-0.1, -0.05) is 0 Å². The van der Waals surface area contributed by atoms with Crippen molar-refractivity contribution in [2.75, 3.05) is 14.2 Å². The first-order valence-electron chi connectivity index (χ1n) is 1.96. The Hall–Kier alpha value is -0.120. The van der Waals surface area contributed by atoms with E-state index in [9.17, 15) is 0 Å². The minimum Gasteiger partial charge on any atom is -0.328 e. The Balaban J connectivity index is 4.28. The van der Waals surface area contributed by atoms with Crippen molar-refractivity contribution < 1.29 is 9.05 Å². The highest BCUT2D eigenvalue weighted by molar-refractivity contribution is 8.09. The van der Waals surface area contributed by atoms with E-state index in [1.165, 1.54) is 14.2 Å². The van der Waals surface area contributed by atoms with Crippen molar-refractivity contribution in [2.24, 2.45) is 4.88 Å². The number of rotatable bonds is 3. The lowest BCUT2D eigenvalue weighted by molar-refractivity contribution is 0.338. The molecule has 0 N–H and O–H groups in total. The van der Waals surface area contributed by atoms with Gasteiger partial charge < -0.3 is 9.05 Å². The van der Waals surface area contributed by atoms with Crippen LogP contribution in [0.15, 0.2) is 4.88 Å². The van der Waals surface area contributed by atoms with Gasteiger partial charge in [0.15, 0.2) is 0 Å². The van der Waals surface area contributed by atoms with E-state index in [4.69, 9.17) is 5.53 Å². The molecule has 0 saturated heterocycles. The van der Waals surface area contributed by atoms with Crippen LogP contribution in [0.1, 0.15) is 0 Å². The third-order valence-corrected chi connectivity index (χ3v) is 2.95. The van der Waals surface area contributed by atoms with E-state index in [-0.39, 0.29) is 0 Å². The third kappa shape index (κ3) is 2.79. The number of nitrogens with zero attached hydrogens (tertiary/aromatic N) is 3. The first-order valence-corrected chi connectivity index (χ1v) is 4.56. The lowest BCUT2D eigenvalue weighted by atomic mass is 11.8. The van der Waals surface area contributed by atoms with E-state index < -0.39 is 6.64 Å². The fraction of sp³-hybridized carbons (Fsp3) is 1.00. The van der Waals surface area contributed by atoms with Crippen molar-refractivity contribution >= 4 is 18.4 Å². The minimum absolute atomic E-state index is 1.35. The second-order valence-corrected chi connectivity index (χ2v) is 4.24. The normalized spacial score (nSPS) is 10.4. The van der Waals surface area contributed by atoms with Gasteiger partial charge in [-0.2, -0.15) is 0 Å². The van der Waals surface area contributed by atoms with E-state index in [1.54, 1.807) is 0 Å². The molecule has 0 aliphatic carbocycles. The van der Waals surface area contributed by atoms with Gasteiger partial charge in [0.2, 0.25) is 0 Å². The van der Waals surface area contributed by atoms with Crippen LogP contribution in [0.25, 0.3) is 10.4 Å². The molecule has 0 radical (unpaired) electrons. The molecule has 0 heterocycles. The van der Waals surface area contributed by atoms with Crippen LogP contribution in [-0.4, -0.2) is 14.2 Å². The SMILES string of the molecule is COP(=S)(N=[N+]=[N-])OC. The zero-order valence-electron chi connectivity index (χ0n) is 5.01. The summed E-state index contributed by atoms with van der Waals surface area (Å²) in [6.45, 7) is -2.64. The first kappa shape index (κ1) is 8.88. The lowest BCUT2D eigenvalue weighted by Crippen LogP contribution is -1.80. The Labute approximate surface area is 57.8 Å². The van der Waals surface area contributed by atoms with Crippen molar-refractivity contribution in [3.8, 4) is 0 Å². The van der Waals surface area contributed by atoms with Gasteiger partial charge in [-0.25, -0.2) is 0 Å². The van der Waals surface area contributed by atoms with E-state index in [0.717, 1.165) is 0 Å². The molecule has 0 aliphatic heterocycles. The highest BCUT2D eigenvalue weighted by Crippen LogP contribution is 2.48. The van der Waals surface area contributed by atoms with Crippen molar-refractivity contribution in [1.29, 1.82) is 0 Å². The fourth-order valence-electron chi connectivity index (χ4n) is 0.197. The molecule has 0 saturated carbocycles.